The van der Waals surface area contributed by atoms with E-state index in [9.17, 15) is 13.6 Å². The molecule has 0 aliphatic rings. The Morgan fingerprint density at radius 1 is 1.42 bits per heavy atom. The van der Waals surface area contributed by atoms with Gasteiger partial charge in [0.1, 0.15) is 0 Å². The van der Waals surface area contributed by atoms with Crippen molar-refractivity contribution < 1.29 is 13.6 Å². The van der Waals surface area contributed by atoms with Crippen LogP contribution in [0.25, 0.3) is 0 Å². The molecule has 0 heterocycles. The average Bonchev–Trinajstić information content (AvgIpc) is 1.96. The summed E-state index contributed by atoms with van der Waals surface area (Å²) in [6.07, 6.45) is 0. The van der Waals surface area contributed by atoms with Gasteiger partial charge in [0.25, 0.3) is 5.24 Å². The SMILES string of the molecule is Cc1cc(F)c(F)c(C(=O)Cl)c1. The number of carbonyl (C=O) groups excluding carboxylic acids is 1. The zero-order valence-corrected chi connectivity index (χ0v) is 6.95. The van der Waals surface area contributed by atoms with Crippen molar-refractivity contribution in [2.24, 2.45) is 0 Å². The van der Waals surface area contributed by atoms with E-state index in [4.69, 9.17) is 11.6 Å². The van der Waals surface area contributed by atoms with Gasteiger partial charge in [0, 0.05) is 0 Å². The van der Waals surface area contributed by atoms with Crippen molar-refractivity contribution >= 4 is 16.8 Å². The summed E-state index contributed by atoms with van der Waals surface area (Å²) >= 11 is 5.01. The van der Waals surface area contributed by atoms with Gasteiger partial charge in [-0.25, -0.2) is 8.78 Å². The van der Waals surface area contributed by atoms with Gasteiger partial charge < -0.3 is 0 Å². The zero-order chi connectivity index (χ0) is 9.30. The van der Waals surface area contributed by atoms with Gasteiger partial charge in [0.2, 0.25) is 0 Å². The quantitative estimate of drug-likeness (QED) is 0.623. The first kappa shape index (κ1) is 9.13. The standard InChI is InChI=1S/C8H5ClF2O/c1-4-2-5(8(9)12)7(11)6(10)3-4/h2-3H,1H3. The summed E-state index contributed by atoms with van der Waals surface area (Å²) in [5.74, 6) is -2.25. The van der Waals surface area contributed by atoms with Crippen molar-refractivity contribution in [3.8, 4) is 0 Å². The highest BCUT2D eigenvalue weighted by Gasteiger charge is 2.13. The fourth-order valence-electron chi connectivity index (χ4n) is 0.868. The molecule has 0 atom stereocenters. The molecule has 0 radical (unpaired) electrons. The van der Waals surface area contributed by atoms with Gasteiger partial charge in [-0.15, -0.1) is 0 Å². The van der Waals surface area contributed by atoms with Crippen molar-refractivity contribution in [1.29, 1.82) is 0 Å². The molecule has 1 aromatic rings. The Bertz CT molecular complexity index is 336. The summed E-state index contributed by atoms with van der Waals surface area (Å²) in [4.78, 5) is 10.5. The first-order valence-electron chi connectivity index (χ1n) is 3.18. The summed E-state index contributed by atoms with van der Waals surface area (Å²) in [7, 11) is 0. The average molecular weight is 191 g/mol. The molecule has 0 saturated heterocycles. The maximum Gasteiger partial charge on any atom is 0.255 e. The van der Waals surface area contributed by atoms with Crippen LogP contribution in [-0.4, -0.2) is 5.24 Å². The lowest BCUT2D eigenvalue weighted by Crippen LogP contribution is -1.98. The molecule has 12 heavy (non-hydrogen) atoms. The first-order chi connectivity index (χ1) is 5.52. The zero-order valence-electron chi connectivity index (χ0n) is 6.20. The number of halogens is 3. The predicted molar refractivity (Wildman–Crippen MR) is 41.3 cm³/mol. The van der Waals surface area contributed by atoms with Crippen LogP contribution >= 0.6 is 11.6 Å². The summed E-state index contributed by atoms with van der Waals surface area (Å²) in [5, 5.41) is -0.991. The number of aryl methyl sites for hydroxylation is 1. The molecule has 0 spiro atoms. The lowest BCUT2D eigenvalue weighted by atomic mass is 10.1. The van der Waals surface area contributed by atoms with Crippen LogP contribution in [0, 0.1) is 18.6 Å². The largest absolute Gasteiger partial charge is 0.275 e. The van der Waals surface area contributed by atoms with Gasteiger partial charge in [-0.3, -0.25) is 4.79 Å². The third kappa shape index (κ3) is 1.61. The van der Waals surface area contributed by atoms with E-state index in [0.717, 1.165) is 6.07 Å². The molecule has 0 N–H and O–H groups in total. The number of hydrogen-bond acceptors (Lipinski definition) is 1. The number of carbonyl (C=O) groups is 1. The normalized spacial score (nSPS) is 10.0. The first-order valence-corrected chi connectivity index (χ1v) is 3.55. The van der Waals surface area contributed by atoms with E-state index < -0.39 is 22.4 Å². The molecule has 0 saturated carbocycles. The van der Waals surface area contributed by atoms with E-state index in [2.05, 4.69) is 0 Å². The molecule has 1 aromatic carbocycles. The van der Waals surface area contributed by atoms with Crippen LogP contribution in [-0.2, 0) is 0 Å². The fraction of sp³-hybridized carbons (Fsp3) is 0.125. The van der Waals surface area contributed by atoms with E-state index in [0.29, 0.717) is 5.56 Å². The number of hydrogen-bond donors (Lipinski definition) is 0. The van der Waals surface area contributed by atoms with Gasteiger partial charge in [-0.05, 0) is 36.2 Å². The minimum atomic E-state index is -1.19. The molecule has 0 fully saturated rings. The van der Waals surface area contributed by atoms with Crippen molar-refractivity contribution in [2.75, 3.05) is 0 Å². The Kier molecular flexibility index (Phi) is 2.43. The molecule has 0 aromatic heterocycles. The Labute approximate surface area is 73.0 Å². The molecule has 0 bridgehead atoms. The second kappa shape index (κ2) is 3.19. The lowest BCUT2D eigenvalue weighted by Gasteiger charge is -1.99. The summed E-state index contributed by atoms with van der Waals surface area (Å²) in [6, 6.07) is 2.20. The number of benzene rings is 1. The fourth-order valence-corrected chi connectivity index (χ4v) is 1.01. The van der Waals surface area contributed by atoms with Crippen LogP contribution in [0.1, 0.15) is 15.9 Å². The molecule has 1 nitrogen and oxygen atoms in total. The van der Waals surface area contributed by atoms with Gasteiger partial charge in [0.15, 0.2) is 11.6 Å². The van der Waals surface area contributed by atoms with E-state index in [1.165, 1.54) is 6.07 Å². The van der Waals surface area contributed by atoms with Crippen LogP contribution in [0.4, 0.5) is 8.78 Å². The molecule has 0 aliphatic carbocycles. The van der Waals surface area contributed by atoms with Crippen LogP contribution < -0.4 is 0 Å². The Morgan fingerprint density at radius 2 is 2.00 bits per heavy atom. The maximum absolute atomic E-state index is 12.8. The molecular weight excluding hydrogens is 186 g/mol. The molecule has 4 heteroatoms. The molecule has 0 unspecified atom stereocenters. The topological polar surface area (TPSA) is 17.1 Å². The van der Waals surface area contributed by atoms with Gasteiger partial charge >= 0.3 is 0 Å². The lowest BCUT2D eigenvalue weighted by molar-refractivity contribution is 0.107. The highest BCUT2D eigenvalue weighted by atomic mass is 35.5. The molecule has 1 rings (SSSR count). The van der Waals surface area contributed by atoms with Crippen molar-refractivity contribution in [3.63, 3.8) is 0 Å². The highest BCUT2D eigenvalue weighted by molar-refractivity contribution is 6.67. The summed E-state index contributed by atoms with van der Waals surface area (Å²) < 4.78 is 25.4. The van der Waals surface area contributed by atoms with Crippen LogP contribution in [0.2, 0.25) is 0 Å². The van der Waals surface area contributed by atoms with Crippen LogP contribution in [0.5, 0.6) is 0 Å². The van der Waals surface area contributed by atoms with Crippen molar-refractivity contribution in [1.82, 2.24) is 0 Å². The smallest absolute Gasteiger partial charge is 0.255 e. The Hall–Kier alpha value is -0.960. The maximum atomic E-state index is 12.8. The molecule has 64 valence electrons. The minimum absolute atomic E-state index is 0.422. The van der Waals surface area contributed by atoms with Gasteiger partial charge in [0.05, 0.1) is 5.56 Å². The predicted octanol–water partition coefficient (Wildman–Crippen LogP) is 2.65. The molecular formula is C8H5ClF2O. The van der Waals surface area contributed by atoms with E-state index in [1.807, 2.05) is 0 Å². The van der Waals surface area contributed by atoms with Crippen LogP contribution in [0.15, 0.2) is 12.1 Å². The molecule has 0 aliphatic heterocycles. The molecule has 0 amide bonds. The Morgan fingerprint density at radius 3 is 2.50 bits per heavy atom. The van der Waals surface area contributed by atoms with Crippen molar-refractivity contribution in [3.05, 3.63) is 34.9 Å². The second-order valence-electron chi connectivity index (χ2n) is 2.38. The summed E-state index contributed by atoms with van der Waals surface area (Å²) in [6.45, 7) is 1.55. The third-order valence-electron chi connectivity index (χ3n) is 1.38. The van der Waals surface area contributed by atoms with Gasteiger partial charge in [-0.1, -0.05) is 0 Å². The number of rotatable bonds is 1. The van der Waals surface area contributed by atoms with E-state index in [1.54, 1.807) is 6.92 Å². The second-order valence-corrected chi connectivity index (χ2v) is 2.73. The van der Waals surface area contributed by atoms with E-state index in [-0.39, 0.29) is 0 Å². The van der Waals surface area contributed by atoms with Crippen molar-refractivity contribution in [2.45, 2.75) is 6.92 Å². The summed E-state index contributed by atoms with van der Waals surface area (Å²) in [5.41, 5.74) is 0.0343. The highest BCUT2D eigenvalue weighted by Crippen LogP contribution is 2.16. The minimum Gasteiger partial charge on any atom is -0.275 e. The monoisotopic (exact) mass is 190 g/mol. The van der Waals surface area contributed by atoms with Gasteiger partial charge in [-0.2, -0.15) is 0 Å². The van der Waals surface area contributed by atoms with Crippen LogP contribution in [0.3, 0.4) is 0 Å². The van der Waals surface area contributed by atoms with E-state index >= 15 is 0 Å². The third-order valence-corrected chi connectivity index (χ3v) is 1.59. The Balaban J connectivity index is 3.37.